The SMILES string of the molecule is CCCCN(CCCC)C(=O)CN1CC(CO)OCC1C. The van der Waals surface area contributed by atoms with E-state index in [0.717, 1.165) is 38.8 Å². The second-order valence-corrected chi connectivity index (χ2v) is 6.00. The predicted molar refractivity (Wildman–Crippen MR) is 84.3 cm³/mol. The fourth-order valence-corrected chi connectivity index (χ4v) is 2.54. The van der Waals surface area contributed by atoms with Crippen molar-refractivity contribution in [1.82, 2.24) is 9.80 Å². The van der Waals surface area contributed by atoms with Crippen LogP contribution in [-0.4, -0.2) is 72.4 Å². The summed E-state index contributed by atoms with van der Waals surface area (Å²) in [5.74, 6) is 0.210. The van der Waals surface area contributed by atoms with E-state index in [-0.39, 0.29) is 24.7 Å². The standard InChI is InChI=1S/C16H32N2O3/c1-4-6-8-17(9-7-5-2)16(20)11-18-10-15(12-19)21-13-14(18)3/h14-15,19H,4-13H2,1-3H3. The van der Waals surface area contributed by atoms with E-state index in [9.17, 15) is 9.90 Å². The van der Waals surface area contributed by atoms with E-state index in [1.54, 1.807) is 0 Å². The van der Waals surface area contributed by atoms with Gasteiger partial charge in [-0.05, 0) is 19.8 Å². The summed E-state index contributed by atoms with van der Waals surface area (Å²) in [6, 6.07) is 0.232. The van der Waals surface area contributed by atoms with Crippen LogP contribution >= 0.6 is 0 Å². The summed E-state index contributed by atoms with van der Waals surface area (Å²) in [6.07, 6.45) is 4.18. The van der Waals surface area contributed by atoms with Crippen LogP contribution in [0.1, 0.15) is 46.5 Å². The summed E-state index contributed by atoms with van der Waals surface area (Å²) < 4.78 is 5.52. The van der Waals surface area contributed by atoms with Gasteiger partial charge in [0.2, 0.25) is 5.91 Å². The van der Waals surface area contributed by atoms with E-state index in [0.29, 0.717) is 19.7 Å². The maximum absolute atomic E-state index is 12.5. The molecule has 0 aromatic heterocycles. The molecule has 0 aromatic rings. The molecule has 0 spiro atoms. The highest BCUT2D eigenvalue weighted by Crippen LogP contribution is 2.12. The van der Waals surface area contributed by atoms with E-state index in [4.69, 9.17) is 4.74 Å². The zero-order valence-corrected chi connectivity index (χ0v) is 13.9. The van der Waals surface area contributed by atoms with Gasteiger partial charge >= 0.3 is 0 Å². The highest BCUT2D eigenvalue weighted by molar-refractivity contribution is 5.78. The molecule has 124 valence electrons. The molecule has 0 aliphatic carbocycles. The number of carbonyl (C=O) groups is 1. The molecule has 0 radical (unpaired) electrons. The summed E-state index contributed by atoms with van der Waals surface area (Å²) >= 11 is 0. The van der Waals surface area contributed by atoms with E-state index in [1.165, 1.54) is 0 Å². The third-order valence-electron chi connectivity index (χ3n) is 4.09. The summed E-state index contributed by atoms with van der Waals surface area (Å²) in [5, 5.41) is 9.22. The molecule has 21 heavy (non-hydrogen) atoms. The average molecular weight is 300 g/mol. The fraction of sp³-hybridized carbons (Fsp3) is 0.938. The first-order chi connectivity index (χ1) is 10.1. The molecule has 5 nitrogen and oxygen atoms in total. The molecule has 1 heterocycles. The van der Waals surface area contributed by atoms with Crippen molar-refractivity contribution in [2.45, 2.75) is 58.6 Å². The second kappa shape index (κ2) is 10.1. The largest absolute Gasteiger partial charge is 0.394 e. The number of unbranched alkanes of at least 4 members (excludes halogenated alkanes) is 2. The molecule has 0 aromatic carbocycles. The Morgan fingerprint density at radius 3 is 2.43 bits per heavy atom. The third-order valence-corrected chi connectivity index (χ3v) is 4.09. The molecule has 1 aliphatic rings. The van der Waals surface area contributed by atoms with Gasteiger partial charge in [0, 0.05) is 25.7 Å². The van der Waals surface area contributed by atoms with E-state index >= 15 is 0 Å². The molecular formula is C16H32N2O3. The number of nitrogens with zero attached hydrogens (tertiary/aromatic N) is 2. The van der Waals surface area contributed by atoms with Crippen molar-refractivity contribution in [1.29, 1.82) is 0 Å². The van der Waals surface area contributed by atoms with Crippen molar-refractivity contribution >= 4 is 5.91 Å². The first kappa shape index (κ1) is 18.4. The van der Waals surface area contributed by atoms with Gasteiger partial charge in [-0.15, -0.1) is 0 Å². The Hall–Kier alpha value is -0.650. The fourth-order valence-electron chi connectivity index (χ4n) is 2.54. The van der Waals surface area contributed by atoms with Crippen LogP contribution in [0.15, 0.2) is 0 Å². The van der Waals surface area contributed by atoms with Crippen LogP contribution in [0.2, 0.25) is 0 Å². The Labute approximate surface area is 129 Å². The van der Waals surface area contributed by atoms with Crippen molar-refractivity contribution in [3.8, 4) is 0 Å². The van der Waals surface area contributed by atoms with Crippen LogP contribution in [0.4, 0.5) is 0 Å². The lowest BCUT2D eigenvalue weighted by Gasteiger charge is -2.38. The van der Waals surface area contributed by atoms with Gasteiger partial charge in [0.15, 0.2) is 0 Å². The second-order valence-electron chi connectivity index (χ2n) is 6.00. The van der Waals surface area contributed by atoms with Gasteiger partial charge in [-0.25, -0.2) is 0 Å². The molecule has 5 heteroatoms. The molecule has 1 aliphatic heterocycles. The monoisotopic (exact) mass is 300 g/mol. The molecule has 1 N–H and O–H groups in total. The molecule has 1 saturated heterocycles. The molecular weight excluding hydrogens is 268 g/mol. The van der Waals surface area contributed by atoms with Crippen LogP contribution in [0.5, 0.6) is 0 Å². The van der Waals surface area contributed by atoms with Crippen LogP contribution in [0.3, 0.4) is 0 Å². The van der Waals surface area contributed by atoms with Crippen molar-refractivity contribution in [3.05, 3.63) is 0 Å². The average Bonchev–Trinajstić information content (AvgIpc) is 2.49. The topological polar surface area (TPSA) is 53.0 Å². The zero-order chi connectivity index (χ0) is 15.7. The van der Waals surface area contributed by atoms with Gasteiger partial charge in [0.25, 0.3) is 0 Å². The van der Waals surface area contributed by atoms with Crippen LogP contribution in [-0.2, 0) is 9.53 Å². The summed E-state index contributed by atoms with van der Waals surface area (Å²) in [7, 11) is 0. The quantitative estimate of drug-likeness (QED) is 0.701. The van der Waals surface area contributed by atoms with Gasteiger partial charge in [-0.3, -0.25) is 9.69 Å². The molecule has 1 amide bonds. The minimum Gasteiger partial charge on any atom is -0.394 e. The molecule has 0 saturated carbocycles. The normalized spacial score (nSPS) is 23.2. The molecule has 2 unspecified atom stereocenters. The number of hydrogen-bond acceptors (Lipinski definition) is 4. The number of carbonyl (C=O) groups excluding carboxylic acids is 1. The number of rotatable bonds is 9. The third kappa shape index (κ3) is 6.32. The van der Waals surface area contributed by atoms with Crippen molar-refractivity contribution in [2.24, 2.45) is 0 Å². The predicted octanol–water partition coefficient (Wildman–Crippen LogP) is 1.50. The molecule has 0 bridgehead atoms. The van der Waals surface area contributed by atoms with E-state index in [1.807, 2.05) is 4.90 Å². The highest BCUT2D eigenvalue weighted by Gasteiger charge is 2.28. The Kier molecular flexibility index (Phi) is 8.88. The maximum atomic E-state index is 12.5. The minimum atomic E-state index is -0.159. The number of aliphatic hydroxyl groups is 1. The first-order valence-corrected chi connectivity index (χ1v) is 8.36. The maximum Gasteiger partial charge on any atom is 0.236 e. The van der Waals surface area contributed by atoms with Gasteiger partial charge in [-0.2, -0.15) is 0 Å². The smallest absolute Gasteiger partial charge is 0.236 e. The van der Waals surface area contributed by atoms with Crippen LogP contribution in [0, 0.1) is 0 Å². The highest BCUT2D eigenvalue weighted by atomic mass is 16.5. The number of morpholine rings is 1. The lowest BCUT2D eigenvalue weighted by atomic mass is 10.2. The Morgan fingerprint density at radius 1 is 1.29 bits per heavy atom. The molecule has 2 atom stereocenters. The van der Waals surface area contributed by atoms with Crippen molar-refractivity contribution in [3.63, 3.8) is 0 Å². The Morgan fingerprint density at radius 2 is 1.90 bits per heavy atom. The van der Waals surface area contributed by atoms with Crippen molar-refractivity contribution < 1.29 is 14.6 Å². The first-order valence-electron chi connectivity index (χ1n) is 8.36. The van der Waals surface area contributed by atoms with Gasteiger partial charge in [0.1, 0.15) is 0 Å². The number of amides is 1. The van der Waals surface area contributed by atoms with Crippen LogP contribution in [0.25, 0.3) is 0 Å². The van der Waals surface area contributed by atoms with E-state index in [2.05, 4.69) is 25.7 Å². The van der Waals surface area contributed by atoms with Gasteiger partial charge < -0.3 is 14.7 Å². The number of hydrogen-bond donors (Lipinski definition) is 1. The minimum absolute atomic E-state index is 0.0206. The van der Waals surface area contributed by atoms with Crippen LogP contribution < -0.4 is 0 Å². The summed E-state index contributed by atoms with van der Waals surface area (Å²) in [5.41, 5.74) is 0. The van der Waals surface area contributed by atoms with Gasteiger partial charge in [0.05, 0.1) is 25.9 Å². The number of aliphatic hydroxyl groups excluding tert-OH is 1. The summed E-state index contributed by atoms with van der Waals surface area (Å²) in [6.45, 7) is 9.78. The van der Waals surface area contributed by atoms with E-state index < -0.39 is 0 Å². The Balaban J connectivity index is 2.52. The lowest BCUT2D eigenvalue weighted by Crippen LogP contribution is -2.53. The Bertz CT molecular complexity index is 291. The van der Waals surface area contributed by atoms with Gasteiger partial charge in [-0.1, -0.05) is 26.7 Å². The summed E-state index contributed by atoms with van der Waals surface area (Å²) in [4.78, 5) is 16.7. The number of ether oxygens (including phenoxy) is 1. The van der Waals surface area contributed by atoms with Crippen molar-refractivity contribution in [2.75, 3.05) is 39.4 Å². The molecule has 1 rings (SSSR count). The molecule has 1 fully saturated rings. The zero-order valence-electron chi connectivity index (χ0n) is 13.9. The lowest BCUT2D eigenvalue weighted by molar-refractivity contribution is -0.137.